The van der Waals surface area contributed by atoms with Gasteiger partial charge in [0.05, 0.1) is 11.4 Å². The quantitative estimate of drug-likeness (QED) is 0.446. The van der Waals surface area contributed by atoms with Crippen LogP contribution in [0.4, 0.5) is 0 Å². The van der Waals surface area contributed by atoms with Crippen molar-refractivity contribution in [1.29, 1.82) is 0 Å². The van der Waals surface area contributed by atoms with E-state index in [-0.39, 0.29) is 0 Å². The van der Waals surface area contributed by atoms with Crippen LogP contribution in [0.3, 0.4) is 0 Å². The van der Waals surface area contributed by atoms with Gasteiger partial charge >= 0.3 is 0 Å². The molecule has 4 heteroatoms. The molecule has 126 valence electrons. The third kappa shape index (κ3) is 2.49. The highest BCUT2D eigenvalue weighted by Gasteiger charge is 2.26. The van der Waals surface area contributed by atoms with Gasteiger partial charge in [0.2, 0.25) is 0 Å². The molecule has 0 atom stereocenters. The molecule has 5 rings (SSSR count). The summed E-state index contributed by atoms with van der Waals surface area (Å²) in [4.78, 5) is 4.55. The van der Waals surface area contributed by atoms with Gasteiger partial charge in [-0.25, -0.2) is 9.67 Å². The molecule has 0 radical (unpaired) electrons. The summed E-state index contributed by atoms with van der Waals surface area (Å²) in [5.74, 6) is 0.842. The highest BCUT2D eigenvalue weighted by atomic mass is 79.9. The maximum absolute atomic E-state index is 4.96. The van der Waals surface area contributed by atoms with E-state index in [1.807, 2.05) is 35.1 Å². The molecule has 4 aromatic rings. The van der Waals surface area contributed by atoms with Gasteiger partial charge < -0.3 is 0 Å². The van der Waals surface area contributed by atoms with Crippen molar-refractivity contribution in [2.45, 2.75) is 12.8 Å². The van der Waals surface area contributed by atoms with Gasteiger partial charge in [-0.3, -0.25) is 0 Å². The zero-order chi connectivity index (χ0) is 17.5. The monoisotopic (exact) mass is 401 g/mol. The molecule has 2 aromatic carbocycles. The van der Waals surface area contributed by atoms with Crippen LogP contribution < -0.4 is 0 Å². The average molecular weight is 402 g/mol. The van der Waals surface area contributed by atoms with Gasteiger partial charge in [0.15, 0.2) is 5.82 Å². The third-order valence-electron chi connectivity index (χ3n) is 4.84. The predicted octanol–water partition coefficient (Wildman–Crippen LogP) is 5.46. The Hall–Kier alpha value is -2.72. The molecule has 0 saturated heterocycles. The molecular formula is C22H16BrN3. The highest BCUT2D eigenvalue weighted by Crippen LogP contribution is 2.41. The maximum Gasteiger partial charge on any atom is 0.154 e. The summed E-state index contributed by atoms with van der Waals surface area (Å²) in [5.41, 5.74) is 7.28. The molecule has 26 heavy (non-hydrogen) atoms. The first kappa shape index (κ1) is 15.5. The van der Waals surface area contributed by atoms with Crippen molar-refractivity contribution in [3.05, 3.63) is 88.7 Å². The Balaban J connectivity index is 1.85. The molecule has 2 heterocycles. The molecule has 3 nitrogen and oxygen atoms in total. The lowest BCUT2D eigenvalue weighted by atomic mass is 9.87. The highest BCUT2D eigenvalue weighted by molar-refractivity contribution is 9.10. The van der Waals surface area contributed by atoms with Crippen LogP contribution in [0, 0.1) is 0 Å². The zero-order valence-corrected chi connectivity index (χ0v) is 15.6. The number of hydrogen-bond donors (Lipinski definition) is 0. The minimum Gasteiger partial charge on any atom is -0.237 e. The Morgan fingerprint density at radius 2 is 1.77 bits per heavy atom. The first-order chi connectivity index (χ1) is 12.8. The van der Waals surface area contributed by atoms with E-state index in [2.05, 4.69) is 63.4 Å². The van der Waals surface area contributed by atoms with Crippen LogP contribution >= 0.6 is 15.9 Å². The Labute approximate surface area is 160 Å². The first-order valence-corrected chi connectivity index (χ1v) is 9.48. The van der Waals surface area contributed by atoms with Crippen molar-refractivity contribution in [1.82, 2.24) is 14.8 Å². The van der Waals surface area contributed by atoms with Crippen LogP contribution in [0.1, 0.15) is 11.3 Å². The van der Waals surface area contributed by atoms with Crippen LogP contribution in [0.25, 0.3) is 28.2 Å². The summed E-state index contributed by atoms with van der Waals surface area (Å²) >= 11 is 3.61. The number of halogens is 1. The fourth-order valence-corrected chi connectivity index (χ4v) is 4.10. The van der Waals surface area contributed by atoms with Crippen molar-refractivity contribution < 1.29 is 0 Å². The first-order valence-electron chi connectivity index (χ1n) is 8.69. The summed E-state index contributed by atoms with van der Waals surface area (Å²) in [7, 11) is 0. The fourth-order valence-electron chi connectivity index (χ4n) is 3.70. The van der Waals surface area contributed by atoms with Gasteiger partial charge in [0, 0.05) is 21.8 Å². The second kappa shape index (κ2) is 6.22. The maximum atomic E-state index is 4.96. The molecule has 0 amide bonds. The molecule has 1 aliphatic rings. The molecule has 0 fully saturated rings. The lowest BCUT2D eigenvalue weighted by molar-refractivity contribution is 0.800. The molecule has 0 saturated carbocycles. The van der Waals surface area contributed by atoms with E-state index in [0.717, 1.165) is 40.1 Å². The van der Waals surface area contributed by atoms with E-state index in [0.29, 0.717) is 0 Å². The van der Waals surface area contributed by atoms with Crippen molar-refractivity contribution >= 4 is 15.9 Å². The molecule has 0 unspecified atom stereocenters. The standard InChI is InChI=1S/C22H16BrN3/c23-17-8-5-7-16(14-17)22-21-18-9-2-1-6-15(18)11-12-19(21)25-26(22)20-10-3-4-13-24-20/h1-10,13-14H,11-12H2. The zero-order valence-electron chi connectivity index (χ0n) is 14.1. The lowest BCUT2D eigenvalue weighted by Gasteiger charge is -2.17. The van der Waals surface area contributed by atoms with Crippen molar-refractivity contribution in [2.75, 3.05) is 0 Å². The van der Waals surface area contributed by atoms with E-state index in [4.69, 9.17) is 5.10 Å². The molecule has 0 N–H and O–H groups in total. The number of benzene rings is 2. The Kier molecular flexibility index (Phi) is 3.71. The van der Waals surface area contributed by atoms with Gasteiger partial charge in [-0.05, 0) is 48.2 Å². The SMILES string of the molecule is Brc1cccc(-c2c3c(nn2-c2ccccn2)CCc2ccccc2-3)c1. The van der Waals surface area contributed by atoms with Crippen LogP contribution in [0.5, 0.6) is 0 Å². The number of rotatable bonds is 2. The van der Waals surface area contributed by atoms with Crippen LogP contribution in [0.2, 0.25) is 0 Å². The van der Waals surface area contributed by atoms with Gasteiger partial charge in [-0.2, -0.15) is 5.10 Å². The largest absolute Gasteiger partial charge is 0.237 e. The molecule has 1 aliphatic carbocycles. The Morgan fingerprint density at radius 3 is 2.62 bits per heavy atom. The summed E-state index contributed by atoms with van der Waals surface area (Å²) in [5, 5.41) is 4.96. The molecule has 0 aliphatic heterocycles. The second-order valence-electron chi connectivity index (χ2n) is 6.44. The van der Waals surface area contributed by atoms with Gasteiger partial charge in [-0.15, -0.1) is 0 Å². The number of hydrogen-bond acceptors (Lipinski definition) is 2. The smallest absolute Gasteiger partial charge is 0.154 e. The summed E-state index contributed by atoms with van der Waals surface area (Å²) in [6, 6.07) is 23.0. The summed E-state index contributed by atoms with van der Waals surface area (Å²) in [6.45, 7) is 0. The Bertz CT molecular complexity index is 1100. The molecular weight excluding hydrogens is 386 g/mol. The van der Waals surface area contributed by atoms with E-state index in [1.165, 1.54) is 16.7 Å². The third-order valence-corrected chi connectivity index (χ3v) is 5.33. The average Bonchev–Trinajstić information content (AvgIpc) is 3.09. The van der Waals surface area contributed by atoms with Crippen LogP contribution in [-0.2, 0) is 12.8 Å². The second-order valence-corrected chi connectivity index (χ2v) is 7.35. The van der Waals surface area contributed by atoms with E-state index < -0.39 is 0 Å². The number of nitrogens with zero attached hydrogens (tertiary/aromatic N) is 3. The Morgan fingerprint density at radius 1 is 0.885 bits per heavy atom. The minimum atomic E-state index is 0.842. The summed E-state index contributed by atoms with van der Waals surface area (Å²) in [6.07, 6.45) is 3.79. The van der Waals surface area contributed by atoms with Crippen molar-refractivity contribution in [2.24, 2.45) is 0 Å². The predicted molar refractivity (Wildman–Crippen MR) is 107 cm³/mol. The van der Waals surface area contributed by atoms with E-state index >= 15 is 0 Å². The van der Waals surface area contributed by atoms with Crippen molar-refractivity contribution in [3.8, 4) is 28.2 Å². The van der Waals surface area contributed by atoms with E-state index in [9.17, 15) is 0 Å². The van der Waals surface area contributed by atoms with Gasteiger partial charge in [-0.1, -0.05) is 58.4 Å². The number of pyridine rings is 1. The number of fused-ring (bicyclic) bond motifs is 3. The van der Waals surface area contributed by atoms with Crippen LogP contribution in [-0.4, -0.2) is 14.8 Å². The number of aromatic nitrogens is 3. The number of aryl methyl sites for hydroxylation is 2. The van der Waals surface area contributed by atoms with Gasteiger partial charge in [0.1, 0.15) is 0 Å². The molecule has 0 spiro atoms. The summed E-state index contributed by atoms with van der Waals surface area (Å²) < 4.78 is 3.05. The topological polar surface area (TPSA) is 30.7 Å². The lowest BCUT2D eigenvalue weighted by Crippen LogP contribution is -2.03. The normalized spacial score (nSPS) is 12.5. The molecule has 0 bridgehead atoms. The van der Waals surface area contributed by atoms with Crippen LogP contribution in [0.15, 0.2) is 77.4 Å². The van der Waals surface area contributed by atoms with Gasteiger partial charge in [0.25, 0.3) is 0 Å². The van der Waals surface area contributed by atoms with E-state index in [1.54, 1.807) is 0 Å². The minimum absolute atomic E-state index is 0.842. The molecule has 2 aromatic heterocycles. The fraction of sp³-hybridized carbons (Fsp3) is 0.0909. The van der Waals surface area contributed by atoms with Crippen molar-refractivity contribution in [3.63, 3.8) is 0 Å².